The maximum atomic E-state index is 12.0. The fraction of sp³-hybridized carbons (Fsp3) is 0.333. The first-order chi connectivity index (χ1) is 10.6. The van der Waals surface area contributed by atoms with Crippen molar-refractivity contribution in [3.05, 3.63) is 34.3 Å². The number of aryl methyl sites for hydroxylation is 1. The summed E-state index contributed by atoms with van der Waals surface area (Å²) in [5, 5.41) is 13.3. The number of nitrogens with zero attached hydrogens (tertiary/aromatic N) is 3. The normalized spacial score (nSPS) is 11.2. The van der Waals surface area contributed by atoms with Gasteiger partial charge in [-0.1, -0.05) is 37.3 Å². The highest BCUT2D eigenvalue weighted by molar-refractivity contribution is 7.18. The lowest BCUT2D eigenvalue weighted by atomic mass is 10.2. The average molecular weight is 332 g/mol. The van der Waals surface area contributed by atoms with Crippen LogP contribution in [0.25, 0.3) is 10.2 Å². The van der Waals surface area contributed by atoms with E-state index < -0.39 is 0 Å². The van der Waals surface area contributed by atoms with Gasteiger partial charge in [-0.15, -0.1) is 21.5 Å². The molecule has 1 aromatic carbocycles. The number of amides is 1. The second kappa shape index (κ2) is 6.50. The topological polar surface area (TPSA) is 67.8 Å². The quantitative estimate of drug-likeness (QED) is 0.771. The Labute approximate surface area is 136 Å². The van der Waals surface area contributed by atoms with E-state index in [9.17, 15) is 4.79 Å². The molecule has 0 aliphatic rings. The van der Waals surface area contributed by atoms with Crippen molar-refractivity contribution in [1.29, 1.82) is 0 Å². The number of carbonyl (C=O) groups excluding carboxylic acids is 1. The zero-order valence-corrected chi connectivity index (χ0v) is 14.0. The van der Waals surface area contributed by atoms with Crippen LogP contribution in [-0.2, 0) is 11.2 Å². The molecule has 0 atom stereocenters. The molecule has 7 heteroatoms. The van der Waals surface area contributed by atoms with Crippen molar-refractivity contribution >= 4 is 43.9 Å². The molecule has 0 bridgehead atoms. The Morgan fingerprint density at radius 3 is 2.77 bits per heavy atom. The first kappa shape index (κ1) is 15.1. The van der Waals surface area contributed by atoms with Gasteiger partial charge < -0.3 is 5.32 Å². The van der Waals surface area contributed by atoms with Crippen LogP contribution in [0, 0.1) is 0 Å². The number of fused-ring (bicyclic) bond motifs is 1. The average Bonchev–Trinajstić information content (AvgIpc) is 3.11. The molecule has 0 saturated carbocycles. The summed E-state index contributed by atoms with van der Waals surface area (Å²) < 4.78 is 1.16. The van der Waals surface area contributed by atoms with Gasteiger partial charge in [-0.3, -0.25) is 4.79 Å². The highest BCUT2D eigenvalue weighted by Crippen LogP contribution is 2.24. The van der Waals surface area contributed by atoms with Gasteiger partial charge in [0.25, 0.3) is 0 Å². The number of nitrogens with one attached hydrogen (secondary N) is 1. The van der Waals surface area contributed by atoms with Crippen molar-refractivity contribution in [2.24, 2.45) is 0 Å². The Balaban J connectivity index is 1.57. The molecular formula is C15H16N4OS2. The Morgan fingerprint density at radius 2 is 2.05 bits per heavy atom. The van der Waals surface area contributed by atoms with Crippen LogP contribution < -0.4 is 5.32 Å². The predicted molar refractivity (Wildman–Crippen MR) is 90.6 cm³/mol. The number of aromatic nitrogens is 3. The summed E-state index contributed by atoms with van der Waals surface area (Å²) in [6.07, 6.45) is 1.04. The molecule has 5 nitrogen and oxygen atoms in total. The molecule has 0 fully saturated rings. The van der Waals surface area contributed by atoms with Gasteiger partial charge in [0.2, 0.25) is 11.0 Å². The van der Waals surface area contributed by atoms with E-state index in [4.69, 9.17) is 0 Å². The molecule has 0 spiro atoms. The third kappa shape index (κ3) is 3.48. The van der Waals surface area contributed by atoms with Crippen molar-refractivity contribution in [3.63, 3.8) is 0 Å². The van der Waals surface area contributed by atoms with Crippen LogP contribution in [0.5, 0.6) is 0 Å². The predicted octanol–water partition coefficient (Wildman–Crippen LogP) is 3.84. The summed E-state index contributed by atoms with van der Waals surface area (Å²) in [7, 11) is 0. The van der Waals surface area contributed by atoms with Gasteiger partial charge in [-0.05, 0) is 12.1 Å². The molecular weight excluding hydrogens is 316 g/mol. The molecule has 0 radical (unpaired) electrons. The Kier molecular flexibility index (Phi) is 4.44. The molecule has 3 aromatic rings. The second-order valence-electron chi connectivity index (χ2n) is 5.22. The minimum atomic E-state index is -0.0503. The third-order valence-corrected chi connectivity index (χ3v) is 5.32. The molecule has 0 aliphatic heterocycles. The molecule has 0 aliphatic carbocycles. The van der Waals surface area contributed by atoms with Crippen molar-refractivity contribution in [1.82, 2.24) is 15.2 Å². The van der Waals surface area contributed by atoms with E-state index in [-0.39, 0.29) is 5.91 Å². The molecule has 0 saturated heterocycles. The summed E-state index contributed by atoms with van der Waals surface area (Å²) >= 11 is 3.06. The minimum Gasteiger partial charge on any atom is -0.301 e. The molecule has 1 N–H and O–H groups in total. The van der Waals surface area contributed by atoms with E-state index in [0.717, 1.165) is 20.2 Å². The van der Waals surface area contributed by atoms with Gasteiger partial charge in [0.05, 0.1) is 15.2 Å². The summed E-state index contributed by atoms with van der Waals surface area (Å²) in [6.45, 7) is 4.11. The minimum absolute atomic E-state index is 0.0503. The van der Waals surface area contributed by atoms with E-state index in [2.05, 4.69) is 34.3 Å². The zero-order valence-electron chi connectivity index (χ0n) is 12.4. The van der Waals surface area contributed by atoms with Gasteiger partial charge in [-0.25, -0.2) is 4.98 Å². The van der Waals surface area contributed by atoms with E-state index in [1.807, 2.05) is 24.3 Å². The van der Waals surface area contributed by atoms with Crippen LogP contribution in [-0.4, -0.2) is 21.1 Å². The number of rotatable bonds is 5. The Bertz CT molecular complexity index is 761. The number of anilines is 1. The Hall–Kier alpha value is -1.86. The highest BCUT2D eigenvalue weighted by atomic mass is 32.1. The summed E-state index contributed by atoms with van der Waals surface area (Å²) in [5.41, 5.74) is 0.994. The number of hydrogen-bond acceptors (Lipinski definition) is 6. The maximum Gasteiger partial charge on any atom is 0.226 e. The van der Waals surface area contributed by atoms with Gasteiger partial charge in [0, 0.05) is 18.8 Å². The van der Waals surface area contributed by atoms with Gasteiger partial charge in [-0.2, -0.15) is 0 Å². The summed E-state index contributed by atoms with van der Waals surface area (Å²) in [6, 6.07) is 8.01. The zero-order chi connectivity index (χ0) is 15.5. The van der Waals surface area contributed by atoms with E-state index in [0.29, 0.717) is 23.9 Å². The molecule has 0 unspecified atom stereocenters. The molecule has 22 heavy (non-hydrogen) atoms. The monoisotopic (exact) mass is 332 g/mol. The van der Waals surface area contributed by atoms with Gasteiger partial charge >= 0.3 is 0 Å². The molecule has 114 valence electrons. The first-order valence-electron chi connectivity index (χ1n) is 7.09. The van der Waals surface area contributed by atoms with E-state index in [1.165, 1.54) is 11.3 Å². The molecule has 2 heterocycles. The smallest absolute Gasteiger partial charge is 0.226 e. The summed E-state index contributed by atoms with van der Waals surface area (Å²) in [5.74, 6) is 0.275. The van der Waals surface area contributed by atoms with Crippen LogP contribution in [0.4, 0.5) is 5.13 Å². The lowest BCUT2D eigenvalue weighted by Crippen LogP contribution is -2.12. The van der Waals surface area contributed by atoms with Gasteiger partial charge in [0.15, 0.2) is 0 Å². The third-order valence-electron chi connectivity index (χ3n) is 3.08. The molecule has 1 amide bonds. The van der Waals surface area contributed by atoms with Crippen molar-refractivity contribution in [3.8, 4) is 0 Å². The SMILES string of the molecule is CC(C)c1nnc(NC(=O)CCc2nc3ccccc3s2)s1. The number of hydrogen-bond donors (Lipinski definition) is 1. The van der Waals surface area contributed by atoms with Crippen LogP contribution >= 0.6 is 22.7 Å². The summed E-state index contributed by atoms with van der Waals surface area (Å²) in [4.78, 5) is 16.5. The Morgan fingerprint density at radius 1 is 1.23 bits per heavy atom. The van der Waals surface area contributed by atoms with Crippen molar-refractivity contribution in [2.75, 3.05) is 5.32 Å². The van der Waals surface area contributed by atoms with E-state index >= 15 is 0 Å². The fourth-order valence-corrected chi connectivity index (χ4v) is 3.68. The van der Waals surface area contributed by atoms with Crippen molar-refractivity contribution in [2.45, 2.75) is 32.6 Å². The number of thiazole rings is 1. The van der Waals surface area contributed by atoms with Crippen LogP contribution in [0.3, 0.4) is 0 Å². The molecule has 2 aromatic heterocycles. The van der Waals surface area contributed by atoms with Crippen LogP contribution in [0.1, 0.15) is 36.2 Å². The van der Waals surface area contributed by atoms with Gasteiger partial charge in [0.1, 0.15) is 5.01 Å². The lowest BCUT2D eigenvalue weighted by Gasteiger charge is -1.99. The first-order valence-corrected chi connectivity index (χ1v) is 8.73. The number of carbonyl (C=O) groups is 1. The maximum absolute atomic E-state index is 12.0. The number of benzene rings is 1. The van der Waals surface area contributed by atoms with Crippen LogP contribution in [0.15, 0.2) is 24.3 Å². The number of para-hydroxylation sites is 1. The molecule has 3 rings (SSSR count). The lowest BCUT2D eigenvalue weighted by molar-refractivity contribution is -0.116. The highest BCUT2D eigenvalue weighted by Gasteiger charge is 2.11. The van der Waals surface area contributed by atoms with Crippen molar-refractivity contribution < 1.29 is 4.79 Å². The largest absolute Gasteiger partial charge is 0.301 e. The van der Waals surface area contributed by atoms with Crippen LogP contribution in [0.2, 0.25) is 0 Å². The standard InChI is InChI=1S/C15H16N4OS2/c1-9(2)14-18-19-15(22-14)17-12(20)7-8-13-16-10-5-3-4-6-11(10)21-13/h3-6,9H,7-8H2,1-2H3,(H,17,19,20). The fourth-order valence-electron chi connectivity index (χ4n) is 1.95. The second-order valence-corrected chi connectivity index (χ2v) is 7.35. The van der Waals surface area contributed by atoms with E-state index in [1.54, 1.807) is 11.3 Å².